The molecule has 0 bridgehead atoms. The highest BCUT2D eigenvalue weighted by Crippen LogP contribution is 2.47. The molecule has 1 spiro atoms. The van der Waals surface area contributed by atoms with Gasteiger partial charge in [-0.05, 0) is 49.9 Å². The van der Waals surface area contributed by atoms with Crippen LogP contribution in [0.15, 0.2) is 67.0 Å². The number of ketones is 1. The summed E-state index contributed by atoms with van der Waals surface area (Å²) in [6, 6.07) is 15.4. The molecular weight excluding hydrogens is 420 g/mol. The number of hydrogen-bond acceptors (Lipinski definition) is 5. The first-order valence-corrected chi connectivity index (χ1v) is 11.0. The Morgan fingerprint density at radius 3 is 2.27 bits per heavy atom. The fourth-order valence-electron chi connectivity index (χ4n) is 4.74. The molecule has 1 aliphatic carbocycles. The van der Waals surface area contributed by atoms with Gasteiger partial charge in [0.1, 0.15) is 11.2 Å². The molecule has 1 amide bonds. The SMILES string of the molecule is O=C(c1ccccc1)c1ccc(NC(=O)c2c[n+]([O-])cc3c2C(=O)OC32CCCCC2)cc1. The zero-order valence-electron chi connectivity index (χ0n) is 17.9. The summed E-state index contributed by atoms with van der Waals surface area (Å²) in [5.74, 6) is -1.27. The molecule has 1 aromatic heterocycles. The summed E-state index contributed by atoms with van der Waals surface area (Å²) in [5, 5.41) is 15.0. The van der Waals surface area contributed by atoms with Crippen molar-refractivity contribution in [2.45, 2.75) is 37.7 Å². The van der Waals surface area contributed by atoms with E-state index in [4.69, 9.17) is 4.74 Å². The molecule has 5 rings (SSSR count). The normalized spacial score (nSPS) is 16.2. The summed E-state index contributed by atoms with van der Waals surface area (Å²) < 4.78 is 6.29. The first-order chi connectivity index (χ1) is 16.0. The van der Waals surface area contributed by atoms with Crippen molar-refractivity contribution >= 4 is 23.3 Å². The van der Waals surface area contributed by atoms with Crippen molar-refractivity contribution in [3.8, 4) is 0 Å². The number of esters is 1. The van der Waals surface area contributed by atoms with Crippen molar-refractivity contribution in [3.05, 3.63) is 100 Å². The predicted octanol–water partition coefficient (Wildman–Crippen LogP) is 4.13. The van der Waals surface area contributed by atoms with E-state index in [1.54, 1.807) is 48.5 Å². The second kappa shape index (κ2) is 8.16. The lowest BCUT2D eigenvalue weighted by Gasteiger charge is -2.31. The van der Waals surface area contributed by atoms with Gasteiger partial charge in [0.25, 0.3) is 5.91 Å². The third kappa shape index (κ3) is 3.75. The minimum absolute atomic E-state index is 0.0145. The summed E-state index contributed by atoms with van der Waals surface area (Å²) in [6.07, 6.45) is 6.60. The molecule has 0 radical (unpaired) electrons. The first kappa shape index (κ1) is 20.9. The van der Waals surface area contributed by atoms with E-state index in [2.05, 4.69) is 5.32 Å². The second-order valence-corrected chi connectivity index (χ2v) is 8.49. The molecule has 7 heteroatoms. The van der Waals surface area contributed by atoms with Crippen LogP contribution in [0.25, 0.3) is 0 Å². The molecule has 2 aliphatic rings. The number of rotatable bonds is 4. The maximum Gasteiger partial charge on any atom is 0.340 e. The Morgan fingerprint density at radius 2 is 1.58 bits per heavy atom. The van der Waals surface area contributed by atoms with Crippen LogP contribution < -0.4 is 10.0 Å². The molecule has 166 valence electrons. The van der Waals surface area contributed by atoms with E-state index in [0.29, 0.717) is 39.9 Å². The van der Waals surface area contributed by atoms with Gasteiger partial charge in [-0.2, -0.15) is 4.73 Å². The zero-order valence-corrected chi connectivity index (χ0v) is 17.9. The van der Waals surface area contributed by atoms with Crippen LogP contribution in [0.3, 0.4) is 0 Å². The third-order valence-electron chi connectivity index (χ3n) is 6.38. The van der Waals surface area contributed by atoms with Crippen LogP contribution in [0.2, 0.25) is 0 Å². The van der Waals surface area contributed by atoms with Gasteiger partial charge in [0.15, 0.2) is 18.2 Å². The van der Waals surface area contributed by atoms with E-state index in [0.717, 1.165) is 25.5 Å². The Bertz CT molecular complexity index is 1250. The van der Waals surface area contributed by atoms with Crippen molar-refractivity contribution in [1.29, 1.82) is 0 Å². The molecule has 7 nitrogen and oxygen atoms in total. The molecule has 1 aliphatic heterocycles. The van der Waals surface area contributed by atoms with Crippen molar-refractivity contribution < 1.29 is 23.9 Å². The molecule has 33 heavy (non-hydrogen) atoms. The number of nitrogens with one attached hydrogen (secondary N) is 1. The monoisotopic (exact) mass is 442 g/mol. The number of carbonyl (C=O) groups excluding carboxylic acids is 3. The van der Waals surface area contributed by atoms with Gasteiger partial charge in [-0.3, -0.25) is 9.59 Å². The van der Waals surface area contributed by atoms with E-state index < -0.39 is 17.5 Å². The van der Waals surface area contributed by atoms with Crippen LogP contribution in [0.5, 0.6) is 0 Å². The van der Waals surface area contributed by atoms with E-state index in [1.165, 1.54) is 6.20 Å². The molecule has 0 atom stereocenters. The average Bonchev–Trinajstić information content (AvgIpc) is 3.10. The van der Waals surface area contributed by atoms with Gasteiger partial charge < -0.3 is 15.3 Å². The number of hydrogen-bond donors (Lipinski definition) is 1. The highest BCUT2D eigenvalue weighted by Gasteiger charge is 2.49. The Morgan fingerprint density at radius 1 is 0.909 bits per heavy atom. The summed E-state index contributed by atoms with van der Waals surface area (Å²) in [5.41, 5.74) is 1.34. The van der Waals surface area contributed by atoms with Gasteiger partial charge in [0.2, 0.25) is 0 Å². The van der Waals surface area contributed by atoms with Crippen LogP contribution in [-0.2, 0) is 10.3 Å². The van der Waals surface area contributed by atoms with Crippen LogP contribution in [-0.4, -0.2) is 17.7 Å². The molecular formula is C26H22N2O5. The largest absolute Gasteiger partial charge is 0.619 e. The second-order valence-electron chi connectivity index (χ2n) is 8.49. The fraction of sp³-hybridized carbons (Fsp3) is 0.231. The Hall–Kier alpha value is -4.00. The van der Waals surface area contributed by atoms with E-state index in [9.17, 15) is 19.6 Å². The summed E-state index contributed by atoms with van der Waals surface area (Å²) in [7, 11) is 0. The fourth-order valence-corrected chi connectivity index (χ4v) is 4.74. The van der Waals surface area contributed by atoms with E-state index in [-0.39, 0.29) is 16.9 Å². The maximum absolute atomic E-state index is 13.0. The molecule has 1 fully saturated rings. The predicted molar refractivity (Wildman–Crippen MR) is 120 cm³/mol. The molecule has 2 heterocycles. The van der Waals surface area contributed by atoms with Crippen LogP contribution in [0, 0.1) is 5.21 Å². The van der Waals surface area contributed by atoms with Crippen molar-refractivity contribution in [2.75, 3.05) is 5.32 Å². The van der Waals surface area contributed by atoms with Crippen LogP contribution >= 0.6 is 0 Å². The van der Waals surface area contributed by atoms with E-state index >= 15 is 0 Å². The number of ether oxygens (including phenoxy) is 1. The molecule has 0 saturated heterocycles. The molecule has 1 N–H and O–H groups in total. The van der Waals surface area contributed by atoms with E-state index in [1.807, 2.05) is 6.07 Å². The molecule has 2 aromatic carbocycles. The summed E-state index contributed by atoms with van der Waals surface area (Å²) in [6.45, 7) is 0. The highest BCUT2D eigenvalue weighted by atomic mass is 16.6. The smallest absolute Gasteiger partial charge is 0.340 e. The molecule has 3 aromatic rings. The maximum atomic E-state index is 13.0. The number of benzene rings is 2. The topological polar surface area (TPSA) is 99.4 Å². The lowest BCUT2D eigenvalue weighted by molar-refractivity contribution is -0.606. The third-order valence-corrected chi connectivity index (χ3v) is 6.38. The number of amides is 1. The quantitative estimate of drug-likeness (QED) is 0.283. The Kier molecular flexibility index (Phi) is 5.17. The number of pyridine rings is 1. The van der Waals surface area contributed by atoms with Crippen molar-refractivity contribution in [3.63, 3.8) is 0 Å². The van der Waals surface area contributed by atoms with Gasteiger partial charge in [-0.25, -0.2) is 4.79 Å². The van der Waals surface area contributed by atoms with Gasteiger partial charge in [-0.15, -0.1) is 0 Å². The molecule has 0 unspecified atom stereocenters. The lowest BCUT2D eigenvalue weighted by Crippen LogP contribution is -2.34. The van der Waals surface area contributed by atoms with Gasteiger partial charge >= 0.3 is 5.97 Å². The van der Waals surface area contributed by atoms with Gasteiger partial charge in [0, 0.05) is 16.8 Å². The molecule has 1 saturated carbocycles. The van der Waals surface area contributed by atoms with Gasteiger partial charge in [-0.1, -0.05) is 36.8 Å². The number of aromatic nitrogens is 1. The highest BCUT2D eigenvalue weighted by molar-refractivity contribution is 6.13. The van der Waals surface area contributed by atoms with Gasteiger partial charge in [0.05, 0.1) is 11.1 Å². The van der Waals surface area contributed by atoms with Crippen LogP contribution in [0.4, 0.5) is 5.69 Å². The first-order valence-electron chi connectivity index (χ1n) is 11.0. The minimum atomic E-state index is -0.813. The van der Waals surface area contributed by atoms with Crippen molar-refractivity contribution in [1.82, 2.24) is 0 Å². The summed E-state index contributed by atoms with van der Waals surface area (Å²) in [4.78, 5) is 38.4. The standard InChI is InChI=1S/C26H22N2O5/c29-23(17-7-3-1-4-8-17)18-9-11-19(12-10-18)27-24(30)20-15-28(32)16-21-22(20)25(31)33-26(21)13-5-2-6-14-26/h1,3-4,7-12,15-16H,2,5-6,13-14H2,(H,27,30). The number of fused-ring (bicyclic) bond motifs is 2. The number of carbonyl (C=O) groups is 3. The Labute approximate surface area is 190 Å². The van der Waals surface area contributed by atoms with Crippen LogP contribution in [0.1, 0.15) is 74.3 Å². The van der Waals surface area contributed by atoms with Crippen molar-refractivity contribution in [2.24, 2.45) is 0 Å². The number of anilines is 1. The summed E-state index contributed by atoms with van der Waals surface area (Å²) >= 11 is 0. The lowest BCUT2D eigenvalue weighted by atomic mass is 9.79. The zero-order chi connectivity index (χ0) is 23.0. The minimum Gasteiger partial charge on any atom is -0.619 e. The average molecular weight is 442 g/mol. The Balaban J connectivity index is 1.40. The number of nitrogens with zero attached hydrogens (tertiary/aromatic N) is 1.